The minimum atomic E-state index is -3.04. The van der Waals surface area contributed by atoms with Crippen molar-refractivity contribution in [1.82, 2.24) is 14.5 Å². The second-order valence-corrected chi connectivity index (χ2v) is 6.84. The summed E-state index contributed by atoms with van der Waals surface area (Å²) >= 11 is 0. The number of fused-ring (bicyclic) bond motifs is 5. The fraction of sp³-hybridized carbons (Fsp3) is 0.273. The third-order valence-electron chi connectivity index (χ3n) is 5.13. The fourth-order valence-corrected chi connectivity index (χ4v) is 3.85. The average molecular weight is 411 g/mol. The molecule has 3 aromatic rings. The molecule has 4 rings (SSSR count). The molecule has 1 aliphatic heterocycles. The maximum absolute atomic E-state index is 13.1. The SMILES string of the molecule is CC[C@@H]1c2nc3ccc(C#CCO)cc3n2-c2c(OC(F)F)cccc2C(=O)N1C. The molecule has 0 saturated carbocycles. The standard InChI is InChI=1S/C22H19F2N3O3/c1-3-16-20-25-15-10-9-13(6-5-11-28)12-17(15)27(20)19-14(21(29)26(16)2)7-4-8-18(19)30-22(23)24/h4,7-10,12,16,22,28H,3,11H2,1-2H3/t16-/m1/s1. The van der Waals surface area contributed by atoms with Crippen molar-refractivity contribution in [2.75, 3.05) is 13.7 Å². The molecular formula is C22H19F2N3O3. The molecule has 6 nitrogen and oxygen atoms in total. The van der Waals surface area contributed by atoms with E-state index in [0.29, 0.717) is 28.8 Å². The van der Waals surface area contributed by atoms with Crippen molar-refractivity contribution in [1.29, 1.82) is 0 Å². The zero-order valence-electron chi connectivity index (χ0n) is 16.4. The second-order valence-electron chi connectivity index (χ2n) is 6.84. The van der Waals surface area contributed by atoms with Crippen molar-refractivity contribution >= 4 is 16.9 Å². The summed E-state index contributed by atoms with van der Waals surface area (Å²) in [6.45, 7) is -1.39. The van der Waals surface area contributed by atoms with Crippen molar-refractivity contribution in [2.24, 2.45) is 0 Å². The van der Waals surface area contributed by atoms with Crippen LogP contribution in [-0.4, -0.2) is 45.7 Å². The largest absolute Gasteiger partial charge is 0.433 e. The molecule has 0 spiro atoms. The molecule has 0 aliphatic carbocycles. The smallest absolute Gasteiger partial charge is 0.387 e. The van der Waals surface area contributed by atoms with Gasteiger partial charge in [-0.05, 0) is 36.8 Å². The monoisotopic (exact) mass is 411 g/mol. The molecule has 0 saturated heterocycles. The molecule has 1 amide bonds. The van der Waals surface area contributed by atoms with Crippen LogP contribution in [0.2, 0.25) is 0 Å². The Morgan fingerprint density at radius 1 is 1.30 bits per heavy atom. The van der Waals surface area contributed by atoms with Gasteiger partial charge in [0.05, 0.1) is 22.6 Å². The molecule has 0 bridgehead atoms. The normalized spacial score (nSPS) is 15.5. The third-order valence-corrected chi connectivity index (χ3v) is 5.13. The maximum Gasteiger partial charge on any atom is 0.387 e. The van der Waals surface area contributed by atoms with Crippen molar-refractivity contribution in [3.8, 4) is 23.3 Å². The van der Waals surface area contributed by atoms with E-state index in [-0.39, 0.29) is 35.6 Å². The number of rotatable bonds is 3. The van der Waals surface area contributed by atoms with Gasteiger partial charge < -0.3 is 14.7 Å². The van der Waals surface area contributed by atoms with E-state index in [9.17, 15) is 13.6 Å². The molecule has 8 heteroatoms. The number of benzene rings is 2. The molecule has 1 atom stereocenters. The van der Waals surface area contributed by atoms with Gasteiger partial charge in [-0.3, -0.25) is 9.36 Å². The average Bonchev–Trinajstić information content (AvgIpc) is 3.05. The van der Waals surface area contributed by atoms with Crippen LogP contribution in [0.1, 0.15) is 41.1 Å². The number of alkyl halides is 2. The summed E-state index contributed by atoms with van der Waals surface area (Å²) in [4.78, 5) is 19.4. The number of nitrogens with zero attached hydrogens (tertiary/aromatic N) is 3. The van der Waals surface area contributed by atoms with Gasteiger partial charge in [-0.1, -0.05) is 24.8 Å². The van der Waals surface area contributed by atoms with Gasteiger partial charge in [-0.25, -0.2) is 4.98 Å². The van der Waals surface area contributed by atoms with Crippen LogP contribution in [0.4, 0.5) is 8.78 Å². The van der Waals surface area contributed by atoms with Crippen LogP contribution < -0.4 is 4.74 Å². The van der Waals surface area contributed by atoms with E-state index >= 15 is 0 Å². The quantitative estimate of drug-likeness (QED) is 0.670. The summed E-state index contributed by atoms with van der Waals surface area (Å²) < 4.78 is 32.8. The summed E-state index contributed by atoms with van der Waals surface area (Å²) in [5.41, 5.74) is 2.36. The molecule has 1 aliphatic rings. The highest BCUT2D eigenvalue weighted by Crippen LogP contribution is 2.40. The molecule has 2 aromatic carbocycles. The van der Waals surface area contributed by atoms with Crippen LogP contribution in [0, 0.1) is 11.8 Å². The lowest BCUT2D eigenvalue weighted by Crippen LogP contribution is -2.30. The Kier molecular flexibility index (Phi) is 5.14. The predicted octanol–water partition coefficient (Wildman–Crippen LogP) is 3.51. The number of imidazole rings is 1. The van der Waals surface area contributed by atoms with Gasteiger partial charge in [-0.15, -0.1) is 0 Å². The zero-order chi connectivity index (χ0) is 21.4. The zero-order valence-corrected chi connectivity index (χ0v) is 16.4. The van der Waals surface area contributed by atoms with Crippen LogP contribution in [0.15, 0.2) is 36.4 Å². The molecule has 154 valence electrons. The van der Waals surface area contributed by atoms with E-state index in [2.05, 4.69) is 11.8 Å². The van der Waals surface area contributed by atoms with Crippen molar-refractivity contribution in [3.05, 3.63) is 53.3 Å². The van der Waals surface area contributed by atoms with Gasteiger partial charge in [0.2, 0.25) is 0 Å². The highest BCUT2D eigenvalue weighted by molar-refractivity contribution is 6.00. The molecular weight excluding hydrogens is 392 g/mol. The third kappa shape index (κ3) is 3.17. The fourth-order valence-electron chi connectivity index (χ4n) is 3.85. The van der Waals surface area contributed by atoms with Crippen LogP contribution in [0.3, 0.4) is 0 Å². The number of carbonyl (C=O) groups is 1. The van der Waals surface area contributed by atoms with E-state index in [0.717, 1.165) is 0 Å². The van der Waals surface area contributed by atoms with Gasteiger partial charge in [0.15, 0.2) is 5.75 Å². The molecule has 1 N–H and O–H groups in total. The lowest BCUT2D eigenvalue weighted by molar-refractivity contribution is -0.0498. The Labute approximate surface area is 171 Å². The van der Waals surface area contributed by atoms with Gasteiger partial charge in [-0.2, -0.15) is 8.78 Å². The maximum atomic E-state index is 13.1. The van der Waals surface area contributed by atoms with Gasteiger partial charge >= 0.3 is 6.61 Å². The highest BCUT2D eigenvalue weighted by Gasteiger charge is 2.35. The Bertz CT molecular complexity index is 1190. The van der Waals surface area contributed by atoms with Crippen molar-refractivity contribution in [3.63, 3.8) is 0 Å². The molecule has 1 aromatic heterocycles. The van der Waals surface area contributed by atoms with Gasteiger partial charge in [0.25, 0.3) is 5.91 Å². The lowest BCUT2D eigenvalue weighted by atomic mass is 10.1. The number of aromatic nitrogens is 2. The number of carbonyl (C=O) groups excluding carboxylic acids is 1. The Morgan fingerprint density at radius 2 is 2.10 bits per heavy atom. The molecule has 2 heterocycles. The van der Waals surface area contributed by atoms with E-state index < -0.39 is 6.61 Å². The van der Waals surface area contributed by atoms with Crippen LogP contribution >= 0.6 is 0 Å². The van der Waals surface area contributed by atoms with E-state index in [1.165, 1.54) is 12.1 Å². The van der Waals surface area contributed by atoms with Crippen LogP contribution in [-0.2, 0) is 0 Å². The molecule has 30 heavy (non-hydrogen) atoms. The molecule has 0 fully saturated rings. The number of amides is 1. The Morgan fingerprint density at radius 3 is 2.80 bits per heavy atom. The van der Waals surface area contributed by atoms with Gasteiger partial charge in [0.1, 0.15) is 18.1 Å². The first-order chi connectivity index (χ1) is 14.5. The minimum Gasteiger partial charge on any atom is -0.433 e. The number of para-hydroxylation sites is 1. The minimum absolute atomic E-state index is 0.103. The van der Waals surface area contributed by atoms with Crippen LogP contribution in [0.5, 0.6) is 5.75 Å². The topological polar surface area (TPSA) is 67.6 Å². The lowest BCUT2D eigenvalue weighted by Gasteiger charge is -2.24. The Hall–Kier alpha value is -3.44. The van der Waals surface area contributed by atoms with Gasteiger partial charge in [0, 0.05) is 12.6 Å². The first-order valence-corrected chi connectivity index (χ1v) is 9.43. The highest BCUT2D eigenvalue weighted by atomic mass is 19.3. The molecule has 0 unspecified atom stereocenters. The van der Waals surface area contributed by atoms with Crippen molar-refractivity contribution in [2.45, 2.75) is 26.0 Å². The first kappa shape index (κ1) is 19.9. The summed E-state index contributed by atoms with van der Waals surface area (Å²) in [5.74, 6) is 5.59. The summed E-state index contributed by atoms with van der Waals surface area (Å²) in [7, 11) is 1.67. The summed E-state index contributed by atoms with van der Waals surface area (Å²) in [6.07, 6.45) is 0.585. The van der Waals surface area contributed by atoms with Crippen LogP contribution in [0.25, 0.3) is 16.7 Å². The van der Waals surface area contributed by atoms with E-state index in [1.54, 1.807) is 40.8 Å². The summed E-state index contributed by atoms with van der Waals surface area (Å²) in [5, 5.41) is 8.98. The predicted molar refractivity (Wildman–Crippen MR) is 107 cm³/mol. The number of aliphatic hydroxyl groups excluding tert-OH is 1. The van der Waals surface area contributed by atoms with Crippen molar-refractivity contribution < 1.29 is 23.4 Å². The first-order valence-electron chi connectivity index (χ1n) is 9.43. The number of hydrogen-bond acceptors (Lipinski definition) is 4. The number of ether oxygens (including phenoxy) is 1. The summed E-state index contributed by atoms with van der Waals surface area (Å²) in [6, 6.07) is 9.49. The number of hydrogen-bond donors (Lipinski definition) is 1. The number of aliphatic hydroxyl groups is 1. The Balaban J connectivity index is 2.10. The second kappa shape index (κ2) is 7.76. The van der Waals surface area contributed by atoms with E-state index in [1.807, 2.05) is 6.92 Å². The van der Waals surface area contributed by atoms with E-state index in [4.69, 9.17) is 14.8 Å². The molecule has 0 radical (unpaired) electrons. The number of halogens is 2.